The Bertz CT molecular complexity index is 720. The molecule has 0 fully saturated rings. The van der Waals surface area contributed by atoms with Crippen LogP contribution in [0.25, 0.3) is 10.9 Å². The monoisotopic (exact) mass is 453 g/mol. The molecule has 0 bridgehead atoms. The quantitative estimate of drug-likeness (QED) is 0.462. The first-order valence-corrected chi connectivity index (χ1v) is 13.2. The van der Waals surface area contributed by atoms with Crippen molar-refractivity contribution in [2.45, 2.75) is 19.5 Å². The fraction of sp³-hybridized carbons (Fsp3) is 0.188. The van der Waals surface area contributed by atoms with Crippen LogP contribution in [0.3, 0.4) is 0 Å². The maximum Gasteiger partial charge on any atom is -0.147 e. The van der Waals surface area contributed by atoms with E-state index in [1.165, 1.54) is 20.5 Å². The molecule has 2 aromatic rings. The predicted molar refractivity (Wildman–Crippen MR) is 103 cm³/mol. The number of allylic oxidation sites excluding steroid dienone is 4. The van der Waals surface area contributed by atoms with Crippen LogP contribution in [0.5, 0.6) is 0 Å². The number of benzene rings is 1. The molecular weight excluding hydrogens is 437 g/mol. The van der Waals surface area contributed by atoms with Crippen molar-refractivity contribution >= 4 is 62.1 Å². The summed E-state index contributed by atoms with van der Waals surface area (Å²) in [6.07, 6.45) is 7.82. The van der Waals surface area contributed by atoms with Crippen LogP contribution >= 0.6 is 40.1 Å². The number of rotatable bonds is 3. The Hall–Kier alpha value is -0.0806. The summed E-state index contributed by atoms with van der Waals surface area (Å²) >= 11 is 4.25. The first-order valence-electron chi connectivity index (χ1n) is 6.66. The molecule has 1 heterocycles. The zero-order valence-electron chi connectivity index (χ0n) is 12.4. The van der Waals surface area contributed by atoms with Crippen LogP contribution < -0.4 is 4.43 Å². The summed E-state index contributed by atoms with van der Waals surface area (Å²) in [5, 5.41) is 2.77. The fourth-order valence-corrected chi connectivity index (χ4v) is 6.03. The third-order valence-electron chi connectivity index (χ3n) is 3.36. The van der Waals surface area contributed by atoms with Gasteiger partial charge in [-0.2, -0.15) is 0 Å². The van der Waals surface area contributed by atoms with Crippen LogP contribution in [0.1, 0.15) is 6.42 Å². The van der Waals surface area contributed by atoms with Crippen molar-refractivity contribution in [3.05, 3.63) is 58.3 Å². The molecule has 6 heteroatoms. The molecular formula is C16H18BrCl2CrNSi. The predicted octanol–water partition coefficient (Wildman–Crippen LogP) is 5.14. The van der Waals surface area contributed by atoms with Crippen molar-refractivity contribution in [3.8, 4) is 0 Å². The first kappa shape index (κ1) is 20.0. The Morgan fingerprint density at radius 3 is 2.55 bits per heavy atom. The standard InChI is InChI=1S/C9H6N.C7H10BrSi.2ClH.Cr/c1-2-6-9-8(4-1)5-3-7-10-9;1-9(2,8)7-5-3-4-6-7;;;/h1-5,7H;5-6H,3H2,1-2H3;2*1H;. The van der Waals surface area contributed by atoms with Gasteiger partial charge in [0.05, 0.1) is 0 Å². The first-order chi connectivity index (χ1) is 9.54. The van der Waals surface area contributed by atoms with Gasteiger partial charge in [0.2, 0.25) is 0 Å². The van der Waals surface area contributed by atoms with Crippen molar-refractivity contribution in [3.63, 3.8) is 0 Å². The molecule has 1 aromatic carbocycles. The van der Waals surface area contributed by atoms with E-state index in [2.05, 4.69) is 69.8 Å². The Morgan fingerprint density at radius 2 is 1.86 bits per heavy atom. The summed E-state index contributed by atoms with van der Waals surface area (Å²) < 4.78 is 2.95. The van der Waals surface area contributed by atoms with Crippen molar-refractivity contribution in [1.82, 2.24) is 4.98 Å². The number of halogens is 3. The number of aromatic nitrogens is 1. The van der Waals surface area contributed by atoms with E-state index in [1.54, 1.807) is 4.44 Å². The number of pyridine rings is 1. The maximum absolute atomic E-state index is 4.56. The van der Waals surface area contributed by atoms with Gasteiger partial charge in [-0.25, -0.2) is 0 Å². The Morgan fingerprint density at radius 1 is 1.14 bits per heavy atom. The van der Waals surface area contributed by atoms with E-state index in [0.717, 1.165) is 6.42 Å². The molecule has 0 radical (unpaired) electrons. The molecule has 0 saturated heterocycles. The molecule has 0 saturated carbocycles. The molecule has 0 spiro atoms. The van der Waals surface area contributed by atoms with Crippen LogP contribution in [0.15, 0.2) is 58.3 Å². The molecule has 22 heavy (non-hydrogen) atoms. The molecule has 0 N–H and O–H groups in total. The van der Waals surface area contributed by atoms with E-state index in [1.807, 2.05) is 12.3 Å². The van der Waals surface area contributed by atoms with E-state index in [4.69, 9.17) is 0 Å². The Labute approximate surface area is 159 Å². The number of hydrogen-bond donors (Lipinski definition) is 0. The minimum Gasteiger partial charge on any atom is -0.147 e. The number of para-hydroxylation sites is 1. The van der Waals surface area contributed by atoms with Crippen LogP contribution in [0, 0.1) is 0 Å². The minimum absolute atomic E-state index is 0. The van der Waals surface area contributed by atoms with Gasteiger partial charge in [0.15, 0.2) is 0 Å². The summed E-state index contributed by atoms with van der Waals surface area (Å²) in [6, 6.07) is 10.7. The fourth-order valence-electron chi connectivity index (χ4n) is 2.29. The van der Waals surface area contributed by atoms with Gasteiger partial charge in [-0.15, -0.1) is 24.8 Å². The summed E-state index contributed by atoms with van der Waals surface area (Å²) in [5.41, 5.74) is 1.17. The Kier molecular flexibility index (Phi) is 7.39. The van der Waals surface area contributed by atoms with Crippen molar-refractivity contribution < 1.29 is 15.2 Å². The second-order valence-electron chi connectivity index (χ2n) is 5.38. The molecule has 0 amide bonds. The van der Waals surface area contributed by atoms with Gasteiger partial charge >= 0.3 is 135 Å². The minimum atomic E-state index is -1.35. The van der Waals surface area contributed by atoms with Crippen molar-refractivity contribution in [1.29, 1.82) is 0 Å². The maximum atomic E-state index is 4.56. The van der Waals surface area contributed by atoms with E-state index in [9.17, 15) is 0 Å². The Balaban J connectivity index is 0.00000121. The van der Waals surface area contributed by atoms with Gasteiger partial charge in [-0.1, -0.05) is 0 Å². The molecule has 1 nitrogen and oxygen atoms in total. The molecule has 1 aliphatic rings. The topological polar surface area (TPSA) is 12.9 Å². The molecule has 118 valence electrons. The van der Waals surface area contributed by atoms with Gasteiger partial charge in [-0.05, 0) is 0 Å². The second kappa shape index (κ2) is 8.15. The number of fused-ring (bicyclic) bond motifs is 1. The zero-order valence-corrected chi connectivity index (χ0v) is 17.9. The smallest absolute Gasteiger partial charge is 0.147 e. The van der Waals surface area contributed by atoms with Gasteiger partial charge in [0.1, 0.15) is 0 Å². The van der Waals surface area contributed by atoms with Crippen LogP contribution in [-0.4, -0.2) is 11.7 Å². The summed E-state index contributed by atoms with van der Waals surface area (Å²) in [4.78, 5) is 4.56. The third-order valence-corrected chi connectivity index (χ3v) is 8.17. The average Bonchev–Trinajstić information content (AvgIpc) is 2.88. The molecule has 0 atom stereocenters. The molecule has 1 aliphatic carbocycles. The average molecular weight is 455 g/mol. The summed E-state index contributed by atoms with van der Waals surface area (Å²) in [7, 11) is 0. The van der Waals surface area contributed by atoms with Crippen LogP contribution in [0.2, 0.25) is 13.1 Å². The number of hydrogen-bond acceptors (Lipinski definition) is 1. The third kappa shape index (κ3) is 4.47. The van der Waals surface area contributed by atoms with Crippen LogP contribution in [-0.2, 0) is 15.2 Å². The van der Waals surface area contributed by atoms with Crippen molar-refractivity contribution in [2.75, 3.05) is 0 Å². The van der Waals surface area contributed by atoms with Gasteiger partial charge in [-0.3, -0.25) is 0 Å². The molecule has 0 unspecified atom stereocenters. The van der Waals surface area contributed by atoms with E-state index in [0.29, 0.717) is 15.2 Å². The second-order valence-corrected chi connectivity index (χ2v) is 16.7. The van der Waals surface area contributed by atoms with E-state index >= 15 is 0 Å². The van der Waals surface area contributed by atoms with Crippen LogP contribution in [0.4, 0.5) is 0 Å². The van der Waals surface area contributed by atoms with Gasteiger partial charge in [0.25, 0.3) is 0 Å². The summed E-state index contributed by atoms with van der Waals surface area (Å²) in [5.74, 6) is 0. The van der Waals surface area contributed by atoms with Gasteiger partial charge in [0, 0.05) is 0 Å². The molecule has 0 aliphatic heterocycles. The molecule has 3 rings (SSSR count). The SMILES string of the molecule is C[Si](C)(Br)C1=CC[C]([Cr][c]2cccc3cccnc23)=C1.Cl.Cl. The van der Waals surface area contributed by atoms with Gasteiger partial charge < -0.3 is 0 Å². The summed E-state index contributed by atoms with van der Waals surface area (Å²) in [6.45, 7) is 3.33. The number of nitrogens with zero attached hydrogens (tertiary/aromatic N) is 1. The van der Waals surface area contributed by atoms with Crippen molar-refractivity contribution in [2.24, 2.45) is 0 Å². The zero-order chi connectivity index (χ0) is 14.2. The van der Waals surface area contributed by atoms with E-state index in [-0.39, 0.29) is 24.8 Å². The normalized spacial score (nSPS) is 14.0. The molecule has 1 aromatic heterocycles. The largest absolute Gasteiger partial charge is 0.147 e. The van der Waals surface area contributed by atoms with E-state index < -0.39 is 6.69 Å².